The number of carboxylic acid groups (broad SMARTS) is 2. The lowest BCUT2D eigenvalue weighted by Gasteiger charge is -2.09. The molecule has 2 N–H and O–H groups in total. The smallest absolute Gasteiger partial charge is 0.352 e. The molecule has 0 aliphatic heterocycles. The van der Waals surface area contributed by atoms with Gasteiger partial charge in [-0.2, -0.15) is 0 Å². The number of benzene rings is 1. The second-order valence-corrected chi connectivity index (χ2v) is 3.85. The number of rotatable bonds is 3. The van der Waals surface area contributed by atoms with E-state index >= 15 is 0 Å². The Morgan fingerprint density at radius 3 is 2.06 bits per heavy atom. The van der Waals surface area contributed by atoms with Crippen LogP contribution >= 0.6 is 0 Å². The molecule has 0 saturated carbocycles. The summed E-state index contributed by atoms with van der Waals surface area (Å²) >= 11 is 0. The van der Waals surface area contributed by atoms with Crippen molar-refractivity contribution in [1.82, 2.24) is 4.57 Å². The molecular weight excluding hydrogens is 234 g/mol. The lowest BCUT2D eigenvalue weighted by Crippen LogP contribution is -2.08. The van der Waals surface area contributed by atoms with Gasteiger partial charge in [0, 0.05) is 11.4 Å². The molecule has 0 spiro atoms. The van der Waals surface area contributed by atoms with Crippen LogP contribution in [0.25, 0.3) is 5.69 Å². The normalized spacial score (nSPS) is 10.3. The van der Waals surface area contributed by atoms with Crippen molar-refractivity contribution in [3.63, 3.8) is 0 Å². The van der Waals surface area contributed by atoms with Crippen molar-refractivity contribution in [2.45, 2.75) is 6.92 Å². The van der Waals surface area contributed by atoms with Gasteiger partial charge < -0.3 is 14.8 Å². The van der Waals surface area contributed by atoms with Crippen LogP contribution in [0.1, 0.15) is 26.5 Å². The highest BCUT2D eigenvalue weighted by Crippen LogP contribution is 2.17. The molecule has 1 aromatic heterocycles. The van der Waals surface area contributed by atoms with Gasteiger partial charge in [-0.3, -0.25) is 0 Å². The second kappa shape index (κ2) is 4.37. The summed E-state index contributed by atoms with van der Waals surface area (Å²) in [5.74, 6) is -2.03. The predicted octanol–water partition coefficient (Wildman–Crippen LogP) is 2.18. The maximum Gasteiger partial charge on any atom is 0.352 e. The maximum atomic E-state index is 11.1. The van der Waals surface area contributed by atoms with Crippen LogP contribution in [0.2, 0.25) is 0 Å². The second-order valence-electron chi connectivity index (χ2n) is 3.85. The van der Waals surface area contributed by atoms with Crippen molar-refractivity contribution in [3.8, 4) is 5.69 Å². The first kappa shape index (κ1) is 11.9. The third kappa shape index (κ3) is 1.98. The summed E-state index contributed by atoms with van der Waals surface area (Å²) in [7, 11) is 0. The number of aromatic carboxylic acids is 2. The van der Waals surface area contributed by atoms with Crippen molar-refractivity contribution in [1.29, 1.82) is 0 Å². The molecule has 0 saturated heterocycles. The third-order valence-corrected chi connectivity index (χ3v) is 2.67. The minimum Gasteiger partial charge on any atom is -0.478 e. The highest BCUT2D eigenvalue weighted by Gasteiger charge is 2.13. The topological polar surface area (TPSA) is 79.5 Å². The number of aromatic nitrogens is 1. The van der Waals surface area contributed by atoms with Crippen LogP contribution in [-0.4, -0.2) is 26.7 Å². The molecule has 92 valence electrons. The van der Waals surface area contributed by atoms with Crippen LogP contribution < -0.4 is 0 Å². The number of hydrogen-bond donors (Lipinski definition) is 2. The number of hydrogen-bond acceptors (Lipinski definition) is 2. The van der Waals surface area contributed by atoms with Crippen LogP contribution in [-0.2, 0) is 0 Å². The average Bonchev–Trinajstić information content (AvgIpc) is 2.71. The van der Waals surface area contributed by atoms with Gasteiger partial charge in [-0.1, -0.05) is 0 Å². The number of carbonyl (C=O) groups is 2. The summed E-state index contributed by atoms with van der Waals surface area (Å²) in [6.07, 6.45) is 0. The third-order valence-electron chi connectivity index (χ3n) is 2.67. The summed E-state index contributed by atoms with van der Waals surface area (Å²) in [4.78, 5) is 21.8. The molecule has 2 aromatic rings. The van der Waals surface area contributed by atoms with E-state index in [1.165, 1.54) is 18.2 Å². The Labute approximate surface area is 103 Å². The molecule has 5 heteroatoms. The highest BCUT2D eigenvalue weighted by molar-refractivity contribution is 5.88. The van der Waals surface area contributed by atoms with Crippen molar-refractivity contribution in [2.24, 2.45) is 0 Å². The fourth-order valence-electron chi connectivity index (χ4n) is 1.80. The van der Waals surface area contributed by atoms with Crippen LogP contribution in [0.15, 0.2) is 36.4 Å². The first-order chi connectivity index (χ1) is 8.50. The summed E-state index contributed by atoms with van der Waals surface area (Å²) in [6.45, 7) is 1.79. The Balaban J connectivity index is 2.52. The van der Waals surface area contributed by atoms with Crippen molar-refractivity contribution >= 4 is 11.9 Å². The Morgan fingerprint density at radius 2 is 1.56 bits per heavy atom. The maximum absolute atomic E-state index is 11.1. The van der Waals surface area contributed by atoms with Crippen molar-refractivity contribution in [2.75, 3.05) is 0 Å². The molecule has 0 bridgehead atoms. The monoisotopic (exact) mass is 245 g/mol. The standard InChI is InChI=1S/C13H11NO4/c1-8-2-7-11(13(17)18)14(8)10-5-3-9(4-6-10)12(15)16/h2-7H,1H3,(H,15,16)(H,17,18). The number of aryl methyl sites for hydroxylation is 1. The molecule has 0 radical (unpaired) electrons. The highest BCUT2D eigenvalue weighted by atomic mass is 16.4. The number of carboxylic acids is 2. The number of nitrogens with zero attached hydrogens (tertiary/aromatic N) is 1. The molecule has 0 atom stereocenters. The van der Waals surface area contributed by atoms with Crippen LogP contribution in [0.5, 0.6) is 0 Å². The minimum absolute atomic E-state index is 0.149. The lowest BCUT2D eigenvalue weighted by atomic mass is 10.2. The van der Waals surface area contributed by atoms with Gasteiger partial charge in [0.25, 0.3) is 0 Å². The molecule has 2 rings (SSSR count). The van der Waals surface area contributed by atoms with E-state index in [1.807, 2.05) is 0 Å². The zero-order valence-corrected chi connectivity index (χ0v) is 9.62. The molecule has 0 amide bonds. The molecule has 5 nitrogen and oxygen atoms in total. The fourth-order valence-corrected chi connectivity index (χ4v) is 1.80. The van der Waals surface area contributed by atoms with Crippen LogP contribution in [0.4, 0.5) is 0 Å². The van der Waals surface area contributed by atoms with Gasteiger partial charge in [0.05, 0.1) is 5.56 Å². The van der Waals surface area contributed by atoms with E-state index in [0.29, 0.717) is 5.69 Å². The summed E-state index contributed by atoms with van der Waals surface area (Å²) in [5.41, 5.74) is 1.71. The van der Waals surface area contributed by atoms with Gasteiger partial charge in [0.15, 0.2) is 0 Å². The van der Waals surface area contributed by atoms with Crippen LogP contribution in [0.3, 0.4) is 0 Å². The van der Waals surface area contributed by atoms with Gasteiger partial charge in [0.2, 0.25) is 0 Å². The Hall–Kier alpha value is -2.56. The Morgan fingerprint density at radius 1 is 0.944 bits per heavy atom. The van der Waals surface area contributed by atoms with Gasteiger partial charge in [0.1, 0.15) is 5.69 Å². The fraction of sp³-hybridized carbons (Fsp3) is 0.0769. The SMILES string of the molecule is Cc1ccc(C(=O)O)n1-c1ccc(C(=O)O)cc1. The van der Waals surface area contributed by atoms with E-state index < -0.39 is 11.9 Å². The summed E-state index contributed by atoms with van der Waals surface area (Å²) in [6, 6.07) is 9.29. The Bertz CT molecular complexity index is 610. The van der Waals surface area contributed by atoms with E-state index in [0.717, 1.165) is 5.69 Å². The van der Waals surface area contributed by atoms with Gasteiger partial charge >= 0.3 is 11.9 Å². The van der Waals surface area contributed by atoms with Crippen molar-refractivity contribution in [3.05, 3.63) is 53.3 Å². The molecule has 1 heterocycles. The molecule has 0 unspecified atom stereocenters. The average molecular weight is 245 g/mol. The lowest BCUT2D eigenvalue weighted by molar-refractivity contribution is 0.0680. The molecule has 0 aliphatic carbocycles. The molecule has 18 heavy (non-hydrogen) atoms. The van der Waals surface area contributed by atoms with Gasteiger partial charge in [-0.15, -0.1) is 0 Å². The quantitative estimate of drug-likeness (QED) is 0.868. The zero-order chi connectivity index (χ0) is 13.3. The van der Waals surface area contributed by atoms with E-state index in [1.54, 1.807) is 29.7 Å². The largest absolute Gasteiger partial charge is 0.478 e. The van der Waals surface area contributed by atoms with Crippen LogP contribution in [0, 0.1) is 6.92 Å². The van der Waals surface area contributed by atoms with E-state index in [2.05, 4.69) is 0 Å². The molecule has 0 aliphatic rings. The zero-order valence-electron chi connectivity index (χ0n) is 9.62. The molecule has 1 aromatic carbocycles. The summed E-state index contributed by atoms with van der Waals surface area (Å²) in [5, 5.41) is 17.9. The summed E-state index contributed by atoms with van der Waals surface area (Å²) < 4.78 is 1.56. The van der Waals surface area contributed by atoms with Crippen molar-refractivity contribution < 1.29 is 19.8 Å². The van der Waals surface area contributed by atoms with Gasteiger partial charge in [-0.05, 0) is 43.3 Å². The predicted molar refractivity (Wildman–Crippen MR) is 64.4 cm³/mol. The molecule has 0 fully saturated rings. The van der Waals surface area contributed by atoms with E-state index in [4.69, 9.17) is 10.2 Å². The first-order valence-corrected chi connectivity index (χ1v) is 5.26. The van der Waals surface area contributed by atoms with E-state index in [9.17, 15) is 9.59 Å². The van der Waals surface area contributed by atoms with E-state index in [-0.39, 0.29) is 11.3 Å². The van der Waals surface area contributed by atoms with Gasteiger partial charge in [-0.25, -0.2) is 9.59 Å². The minimum atomic E-state index is -1.02. The molecular formula is C13H11NO4. The Kier molecular flexibility index (Phi) is 2.89. The first-order valence-electron chi connectivity index (χ1n) is 5.26.